The van der Waals surface area contributed by atoms with E-state index < -0.39 is 261 Å². The molecule has 0 aromatic rings. The summed E-state index contributed by atoms with van der Waals surface area (Å²) in [6.07, 6.45) is -73.2. The third kappa shape index (κ3) is 15.7. The van der Waals surface area contributed by atoms with Gasteiger partial charge >= 0.3 is 0 Å². The van der Waals surface area contributed by atoms with Crippen LogP contribution in [0.4, 0.5) is 0 Å². The zero-order chi connectivity index (χ0) is 66.0. The Morgan fingerprint density at radius 1 is 0.187 bits per heavy atom. The van der Waals surface area contributed by atoms with Crippen LogP contribution in [0.3, 0.4) is 0 Å². The van der Waals surface area contributed by atoms with Gasteiger partial charge < -0.3 is 138 Å². The molecule has 504 valence electrons. The molecule has 35 atom stereocenters. The number of nitrogens with zero attached hydrogens (tertiary/aromatic N) is 21. The zero-order valence-electron chi connectivity index (χ0n) is 46.5. The minimum absolute atomic E-state index is 0.804. The molecule has 21 saturated heterocycles. The van der Waals surface area contributed by atoms with Crippen molar-refractivity contribution in [3.8, 4) is 0 Å². The van der Waals surface area contributed by atoms with Gasteiger partial charge in [0.25, 0.3) is 0 Å². The van der Waals surface area contributed by atoms with Crippen molar-refractivity contribution in [2.24, 2.45) is 35.8 Å². The minimum Gasteiger partial charge on any atom is -0.387 e. The Kier molecular flexibility index (Phi) is 25.1. The Balaban J connectivity index is 1.17. The molecule has 21 aliphatic heterocycles. The van der Waals surface area contributed by atoms with Gasteiger partial charge in [-0.25, -0.2) is 0 Å². The van der Waals surface area contributed by atoms with Crippen molar-refractivity contribution < 1.29 is 138 Å². The molecule has 0 saturated carbocycles. The van der Waals surface area contributed by atoms with Crippen LogP contribution in [0.15, 0.2) is 35.8 Å². The van der Waals surface area contributed by atoms with Crippen LogP contribution in [0, 0.1) is 0 Å². The van der Waals surface area contributed by atoms with Crippen molar-refractivity contribution in [2.45, 2.75) is 215 Å². The van der Waals surface area contributed by atoms with Gasteiger partial charge in [-0.2, -0.15) is 0 Å². The van der Waals surface area contributed by atoms with Gasteiger partial charge in [-0.1, -0.05) is 35.8 Å². The predicted octanol–water partition coefficient (Wildman–Crippen LogP) is -6.00. The average Bonchev–Trinajstić information content (AvgIpc) is 0.799. The highest BCUT2D eigenvalue weighted by Gasteiger charge is 2.59. The van der Waals surface area contributed by atoms with E-state index in [4.69, 9.17) is 66.3 Å². The van der Waals surface area contributed by atoms with E-state index in [0.29, 0.717) is 0 Å². The highest BCUT2D eigenvalue weighted by atomic mass is 16.8. The van der Waals surface area contributed by atoms with E-state index in [-0.39, 0.29) is 0 Å². The summed E-state index contributed by atoms with van der Waals surface area (Å²) in [6, 6.07) is 0. The normalized spacial score (nSPS) is 47.7. The topological polar surface area (TPSA) is 754 Å². The lowest BCUT2D eigenvalue weighted by Gasteiger charge is -2.50. The second kappa shape index (κ2) is 32.3. The Morgan fingerprint density at radius 3 is 0.396 bits per heavy atom. The van der Waals surface area contributed by atoms with Gasteiger partial charge in [-0.05, 0) is 38.7 Å². The van der Waals surface area contributed by atoms with Crippen LogP contribution in [-0.4, -0.2) is 332 Å². The second-order valence-electron chi connectivity index (χ2n) is 21.3. The van der Waals surface area contributed by atoms with Crippen LogP contribution in [0.5, 0.6) is 0 Å². The standard InChI is InChI=1S/C42H63N21O28/c43-57-50-1-8-29-15(64)22(71)36(78-8)86-30-9(2-51-58-44)80-38(24(73)17(30)66)88-32-11(4-53-60-46)82-40(26(75)19(32)68)90-34-13(6-55-62-48)84-42(28(77)21(34)70)91-35-14(7-56-63-49)83-41(27(76)20(35)69)89-33-12(5-54-61-47)81-39(25(74)18(33)67)87-31-10(3-52-59-45)79-37(85-29)23(72)16(31)65/h8-42,64-77H,1-7H2/t8-,9-,10-,11-,12+,13+,14+,15+,16+,17+,18-,19-,20-,21-,22+,23-,24+,25-,26-,27-,28-,29-,30-,31-,32-,33-,34-,35-,36-,37-,38-,39-,40-,41-,42-/m1/s1. The van der Waals surface area contributed by atoms with E-state index in [9.17, 15) is 110 Å². The van der Waals surface area contributed by atoms with Crippen LogP contribution in [0.1, 0.15) is 0 Å². The number of aliphatic hydroxyl groups excluding tert-OH is 14. The Labute approximate surface area is 506 Å². The van der Waals surface area contributed by atoms with Crippen molar-refractivity contribution in [3.05, 3.63) is 73.1 Å². The first-order chi connectivity index (χ1) is 43.7. The van der Waals surface area contributed by atoms with Crippen molar-refractivity contribution in [1.82, 2.24) is 0 Å². The number of azide groups is 7. The molecule has 0 radical (unpaired) electrons. The largest absolute Gasteiger partial charge is 0.387 e. The summed E-state index contributed by atoms with van der Waals surface area (Å²) in [7, 11) is 0. The lowest BCUT2D eigenvalue weighted by Crippen LogP contribution is -2.68. The molecule has 49 heteroatoms. The molecule has 21 heterocycles. The van der Waals surface area contributed by atoms with Crippen LogP contribution < -0.4 is 0 Å². The molecule has 14 N–H and O–H groups in total. The third-order valence-electron chi connectivity index (χ3n) is 15.8. The maximum Gasteiger partial charge on any atom is 0.187 e. The summed E-state index contributed by atoms with van der Waals surface area (Å²) in [5.74, 6) is 0. The highest BCUT2D eigenvalue weighted by molar-refractivity contribution is 5.03. The summed E-state index contributed by atoms with van der Waals surface area (Å²) >= 11 is 0. The van der Waals surface area contributed by atoms with Gasteiger partial charge in [-0.3, -0.25) is 0 Å². The Bertz CT molecular complexity index is 2290. The van der Waals surface area contributed by atoms with E-state index >= 15 is 0 Å². The van der Waals surface area contributed by atoms with Gasteiger partial charge in [0.15, 0.2) is 44.0 Å². The van der Waals surface area contributed by atoms with Crippen LogP contribution in [0.25, 0.3) is 73.1 Å². The summed E-state index contributed by atoms with van der Waals surface area (Å²) in [6.45, 7) is -5.63. The van der Waals surface area contributed by atoms with E-state index in [2.05, 4.69) is 70.2 Å². The molecule has 0 aromatic heterocycles. The highest BCUT2D eigenvalue weighted by Crippen LogP contribution is 2.39. The van der Waals surface area contributed by atoms with Gasteiger partial charge in [0.2, 0.25) is 0 Å². The predicted molar refractivity (Wildman–Crippen MR) is 277 cm³/mol. The molecule has 0 spiro atoms. The number of aliphatic hydroxyl groups is 14. The molecule has 14 bridgehead atoms. The molecule has 0 aliphatic carbocycles. The molecule has 49 nitrogen and oxygen atoms in total. The van der Waals surface area contributed by atoms with Gasteiger partial charge in [0.05, 0.1) is 88.5 Å². The van der Waals surface area contributed by atoms with Crippen LogP contribution in [0.2, 0.25) is 0 Å². The Morgan fingerprint density at radius 2 is 0.297 bits per heavy atom. The first-order valence-corrected chi connectivity index (χ1v) is 27.4. The fourth-order valence-corrected chi connectivity index (χ4v) is 11.2. The fraction of sp³-hybridized carbons (Fsp3) is 1.00. The number of ether oxygens (including phenoxy) is 14. The molecule has 21 fully saturated rings. The van der Waals surface area contributed by atoms with Gasteiger partial charge in [-0.15, -0.1) is 0 Å². The minimum atomic E-state index is -2.31. The van der Waals surface area contributed by atoms with Crippen LogP contribution in [-0.2, 0) is 66.3 Å². The molecule has 0 unspecified atom stereocenters. The van der Waals surface area contributed by atoms with Crippen molar-refractivity contribution in [3.63, 3.8) is 0 Å². The maximum atomic E-state index is 11.7. The number of hydrogen-bond donors (Lipinski definition) is 14. The molecule has 0 amide bonds. The summed E-state index contributed by atoms with van der Waals surface area (Å²) in [5, 5.41) is 187. The lowest BCUT2D eigenvalue weighted by molar-refractivity contribution is -0.391. The summed E-state index contributed by atoms with van der Waals surface area (Å²) in [5.41, 5.74) is 65.3. The van der Waals surface area contributed by atoms with E-state index in [1.807, 2.05) is 0 Å². The van der Waals surface area contributed by atoms with E-state index in [0.717, 1.165) is 0 Å². The number of rotatable bonds is 14. The third-order valence-corrected chi connectivity index (χ3v) is 15.8. The monoisotopic (exact) mass is 1310 g/mol. The lowest BCUT2D eigenvalue weighted by atomic mass is 9.94. The van der Waals surface area contributed by atoms with Crippen LogP contribution >= 0.6 is 0 Å². The molecule has 21 rings (SSSR count). The fourth-order valence-electron chi connectivity index (χ4n) is 11.2. The van der Waals surface area contributed by atoms with Crippen molar-refractivity contribution in [2.75, 3.05) is 45.8 Å². The average molecular weight is 1310 g/mol. The first-order valence-electron chi connectivity index (χ1n) is 27.4. The molecular weight excluding hydrogens is 1250 g/mol. The SMILES string of the molecule is [N-]=[N+]=NC[C@@H]1O[C@@H]2O[C@H]3[C@H](O)[C@@H](O)[C@@H](O[C@H]4[C@@H](O)[C@@H](O)[C@@H](O[C@H]5[C@@H](O)[C@H](O)[C@@H](O[C@H]6[C@@H](O)[C@H](O)[C@@H](O[C@H]7[C@H](O)[C@@H](O)[C@@H](O[C@H]8[C@H](O)[C@@H](O)[C@@H](O[C@H]1[C@H](O)[C@H]2O)O[C@H]8CN=[N+]=[N-])O[C@@H]7CN=[N+]=[N-])O[C@@H]6CN=[N+]=[N-])O[C@@H]5CN=[N+]=[N-])O[C@@H]4CN=[N+]=[N-])O[C@H]3CN=[N+]=[N-]. The van der Waals surface area contributed by atoms with Crippen molar-refractivity contribution >= 4 is 0 Å². The maximum absolute atomic E-state index is 11.7. The second-order valence-corrected chi connectivity index (χ2v) is 21.3. The van der Waals surface area contributed by atoms with Gasteiger partial charge in [0.1, 0.15) is 128 Å². The summed E-state index contributed by atoms with van der Waals surface area (Å²) in [4.78, 5) is 18.6. The summed E-state index contributed by atoms with van der Waals surface area (Å²) < 4.78 is 82.3. The first kappa shape index (κ1) is 70.9. The van der Waals surface area contributed by atoms with E-state index in [1.165, 1.54) is 0 Å². The van der Waals surface area contributed by atoms with Gasteiger partial charge in [0, 0.05) is 34.4 Å². The van der Waals surface area contributed by atoms with Crippen molar-refractivity contribution in [1.29, 1.82) is 0 Å². The molecule has 91 heavy (non-hydrogen) atoms. The smallest absolute Gasteiger partial charge is 0.187 e. The van der Waals surface area contributed by atoms with E-state index in [1.54, 1.807) is 0 Å². The zero-order valence-corrected chi connectivity index (χ0v) is 46.5. The Hall–Kier alpha value is -5.95. The molecular formula is C42H63N21O28. The molecule has 21 aliphatic rings. The molecule has 0 aromatic carbocycles. The number of hydrogen-bond acceptors (Lipinski definition) is 35. The quantitative estimate of drug-likeness (QED) is 0.0437.